The fraction of sp³-hybridized carbons (Fsp3) is 0.533. The third-order valence-electron chi connectivity index (χ3n) is 3.74. The van der Waals surface area contributed by atoms with Crippen LogP contribution in [0.2, 0.25) is 0 Å². The number of nitrogens with one attached hydrogen (secondary N) is 1. The third kappa shape index (κ3) is 3.64. The molecule has 0 atom stereocenters. The molecule has 3 rings (SSSR count). The van der Waals surface area contributed by atoms with Gasteiger partial charge in [-0.3, -0.25) is 4.90 Å². The summed E-state index contributed by atoms with van der Waals surface area (Å²) in [6, 6.07) is 4.08. The number of nitrogen functional groups attached to an aromatic ring is 1. The fourth-order valence-electron chi connectivity index (χ4n) is 2.61. The molecule has 1 saturated heterocycles. The van der Waals surface area contributed by atoms with Crippen LogP contribution >= 0.6 is 11.3 Å². The molecule has 0 spiro atoms. The van der Waals surface area contributed by atoms with Crippen molar-refractivity contribution in [3.8, 4) is 0 Å². The minimum absolute atomic E-state index is 0.803. The van der Waals surface area contributed by atoms with Crippen LogP contribution in [0.4, 0.5) is 11.4 Å². The van der Waals surface area contributed by atoms with Crippen LogP contribution in [0.5, 0.6) is 0 Å². The molecule has 1 aromatic carbocycles. The molecule has 1 fully saturated rings. The van der Waals surface area contributed by atoms with Gasteiger partial charge in [0, 0.05) is 19.6 Å². The molecule has 0 unspecified atom stereocenters. The van der Waals surface area contributed by atoms with Crippen LogP contribution < -0.4 is 11.1 Å². The van der Waals surface area contributed by atoms with Gasteiger partial charge in [0.1, 0.15) is 0 Å². The number of nitrogens with zero attached hydrogens (tertiary/aromatic N) is 2. The largest absolute Gasteiger partial charge is 0.397 e. The maximum atomic E-state index is 6.11. The molecule has 1 aliphatic rings. The van der Waals surface area contributed by atoms with Crippen molar-refractivity contribution in [2.24, 2.45) is 0 Å². The van der Waals surface area contributed by atoms with Gasteiger partial charge in [0.05, 0.1) is 39.8 Å². The summed E-state index contributed by atoms with van der Waals surface area (Å²) in [6.45, 7) is 7.87. The zero-order valence-corrected chi connectivity index (χ0v) is 13.2. The van der Waals surface area contributed by atoms with E-state index in [0.29, 0.717) is 0 Å². The van der Waals surface area contributed by atoms with E-state index < -0.39 is 0 Å². The van der Waals surface area contributed by atoms with Gasteiger partial charge in [0.25, 0.3) is 0 Å². The van der Waals surface area contributed by atoms with E-state index in [1.807, 2.05) is 13.0 Å². The van der Waals surface area contributed by atoms with Crippen molar-refractivity contribution in [3.63, 3.8) is 0 Å². The number of hydrogen-bond acceptors (Lipinski definition) is 6. The Labute approximate surface area is 129 Å². The summed E-state index contributed by atoms with van der Waals surface area (Å²) in [7, 11) is 0. The molecule has 21 heavy (non-hydrogen) atoms. The van der Waals surface area contributed by atoms with E-state index in [9.17, 15) is 0 Å². The van der Waals surface area contributed by atoms with E-state index in [0.717, 1.165) is 72.4 Å². The number of fused-ring (bicyclic) bond motifs is 1. The highest BCUT2D eigenvalue weighted by Crippen LogP contribution is 2.29. The molecule has 0 saturated carbocycles. The topological polar surface area (TPSA) is 63.4 Å². The predicted molar refractivity (Wildman–Crippen MR) is 89.1 cm³/mol. The van der Waals surface area contributed by atoms with Crippen molar-refractivity contribution in [3.05, 3.63) is 17.1 Å². The number of aromatic nitrogens is 1. The van der Waals surface area contributed by atoms with Crippen LogP contribution in [0.15, 0.2) is 12.1 Å². The Hall–Kier alpha value is -1.37. The van der Waals surface area contributed by atoms with Gasteiger partial charge in [-0.05, 0) is 32.0 Å². The zero-order valence-electron chi connectivity index (χ0n) is 12.4. The number of anilines is 2. The zero-order chi connectivity index (χ0) is 14.7. The van der Waals surface area contributed by atoms with E-state index in [1.165, 1.54) is 0 Å². The Morgan fingerprint density at radius 3 is 3.00 bits per heavy atom. The average Bonchev–Trinajstić information content (AvgIpc) is 2.83. The Kier molecular flexibility index (Phi) is 4.57. The summed E-state index contributed by atoms with van der Waals surface area (Å²) in [6.07, 6.45) is 1.10. The number of benzene rings is 1. The SMILES string of the molecule is Cc1nc2cc(NCCCN3CCOCC3)c(N)cc2s1. The summed E-state index contributed by atoms with van der Waals surface area (Å²) >= 11 is 1.68. The number of thiazole rings is 1. The normalized spacial score (nSPS) is 16.4. The van der Waals surface area contributed by atoms with Crippen LogP contribution in [0.25, 0.3) is 10.2 Å². The van der Waals surface area contributed by atoms with Gasteiger partial charge >= 0.3 is 0 Å². The second kappa shape index (κ2) is 6.60. The van der Waals surface area contributed by atoms with E-state index in [2.05, 4.69) is 21.3 Å². The molecule has 5 nitrogen and oxygen atoms in total. The molecule has 1 aromatic heterocycles. The molecule has 0 aliphatic carbocycles. The van der Waals surface area contributed by atoms with Crippen molar-refractivity contribution in [1.29, 1.82) is 0 Å². The number of morpholine rings is 1. The van der Waals surface area contributed by atoms with Gasteiger partial charge in [-0.15, -0.1) is 11.3 Å². The van der Waals surface area contributed by atoms with Gasteiger partial charge in [-0.2, -0.15) is 0 Å². The van der Waals surface area contributed by atoms with Gasteiger partial charge in [0.15, 0.2) is 0 Å². The van der Waals surface area contributed by atoms with E-state index in [-0.39, 0.29) is 0 Å². The summed E-state index contributed by atoms with van der Waals surface area (Å²) in [5.41, 5.74) is 8.94. The van der Waals surface area contributed by atoms with Crippen LogP contribution in [-0.4, -0.2) is 49.3 Å². The first-order valence-electron chi connectivity index (χ1n) is 7.43. The maximum Gasteiger partial charge on any atom is 0.0907 e. The molecule has 0 amide bonds. The Morgan fingerprint density at radius 2 is 2.19 bits per heavy atom. The lowest BCUT2D eigenvalue weighted by atomic mass is 10.2. The minimum Gasteiger partial charge on any atom is -0.397 e. The van der Waals surface area contributed by atoms with E-state index in [1.54, 1.807) is 11.3 Å². The standard InChI is InChI=1S/C15H22N4OS/c1-11-18-14-10-13(12(16)9-15(14)21-11)17-3-2-4-19-5-7-20-8-6-19/h9-10,17H,2-8,16H2,1H3. The van der Waals surface area contributed by atoms with Gasteiger partial charge in [-0.1, -0.05) is 0 Å². The molecule has 6 heteroatoms. The lowest BCUT2D eigenvalue weighted by molar-refractivity contribution is 0.0378. The molecule has 114 valence electrons. The second-order valence-corrected chi connectivity index (χ2v) is 6.61. The van der Waals surface area contributed by atoms with E-state index in [4.69, 9.17) is 10.5 Å². The summed E-state index contributed by atoms with van der Waals surface area (Å²) < 4.78 is 6.51. The molecule has 2 aromatic rings. The van der Waals surface area contributed by atoms with Gasteiger partial charge in [0.2, 0.25) is 0 Å². The van der Waals surface area contributed by atoms with Crippen LogP contribution in [-0.2, 0) is 4.74 Å². The molecule has 1 aliphatic heterocycles. The smallest absolute Gasteiger partial charge is 0.0907 e. The fourth-order valence-corrected chi connectivity index (χ4v) is 3.47. The highest BCUT2D eigenvalue weighted by atomic mass is 32.1. The highest BCUT2D eigenvalue weighted by molar-refractivity contribution is 7.18. The van der Waals surface area contributed by atoms with Gasteiger partial charge in [-0.25, -0.2) is 4.98 Å². The van der Waals surface area contributed by atoms with Crippen LogP contribution in [0.3, 0.4) is 0 Å². The van der Waals surface area contributed by atoms with Crippen molar-refractivity contribution >= 4 is 32.9 Å². The van der Waals surface area contributed by atoms with Crippen molar-refractivity contribution in [2.75, 3.05) is 50.4 Å². The predicted octanol–water partition coefficient (Wildman–Crippen LogP) is 2.32. The lowest BCUT2D eigenvalue weighted by Crippen LogP contribution is -2.37. The molecule has 3 N–H and O–H groups in total. The lowest BCUT2D eigenvalue weighted by Gasteiger charge is -2.26. The molecule has 2 heterocycles. The van der Waals surface area contributed by atoms with Crippen molar-refractivity contribution in [2.45, 2.75) is 13.3 Å². The Balaban J connectivity index is 1.53. The van der Waals surface area contributed by atoms with Crippen LogP contribution in [0.1, 0.15) is 11.4 Å². The Morgan fingerprint density at radius 1 is 1.38 bits per heavy atom. The maximum absolute atomic E-state index is 6.11. The van der Waals surface area contributed by atoms with Crippen LogP contribution in [0, 0.1) is 6.92 Å². The molecule has 0 radical (unpaired) electrons. The Bertz CT molecular complexity index is 607. The summed E-state index contributed by atoms with van der Waals surface area (Å²) in [5, 5.41) is 4.51. The first-order valence-corrected chi connectivity index (χ1v) is 8.24. The summed E-state index contributed by atoms with van der Waals surface area (Å²) in [4.78, 5) is 6.96. The highest BCUT2D eigenvalue weighted by Gasteiger charge is 2.10. The average molecular weight is 306 g/mol. The number of ether oxygens (including phenoxy) is 1. The first kappa shape index (κ1) is 14.6. The quantitative estimate of drug-likeness (QED) is 0.655. The van der Waals surface area contributed by atoms with E-state index >= 15 is 0 Å². The van der Waals surface area contributed by atoms with Gasteiger partial charge < -0.3 is 15.8 Å². The second-order valence-electron chi connectivity index (χ2n) is 5.37. The minimum atomic E-state index is 0.803. The molecule has 0 bridgehead atoms. The van der Waals surface area contributed by atoms with Crippen molar-refractivity contribution < 1.29 is 4.74 Å². The monoisotopic (exact) mass is 306 g/mol. The number of aryl methyl sites for hydroxylation is 1. The number of hydrogen-bond donors (Lipinski definition) is 2. The number of rotatable bonds is 5. The number of nitrogens with two attached hydrogens (primary N) is 1. The third-order valence-corrected chi connectivity index (χ3v) is 4.67. The first-order chi connectivity index (χ1) is 10.2. The molecular formula is C15H22N4OS. The molecular weight excluding hydrogens is 284 g/mol. The van der Waals surface area contributed by atoms with Crippen molar-refractivity contribution in [1.82, 2.24) is 9.88 Å². The summed E-state index contributed by atoms with van der Waals surface area (Å²) in [5.74, 6) is 0.